The Morgan fingerprint density at radius 2 is 1.77 bits per heavy atom. The van der Waals surface area contributed by atoms with Gasteiger partial charge in [-0.05, 0) is 79.7 Å². The Bertz CT molecular complexity index is 1350. The van der Waals surface area contributed by atoms with E-state index in [1.54, 1.807) is 19.4 Å². The minimum atomic E-state index is -0.253. The number of ether oxygens (including phenoxy) is 1. The van der Waals surface area contributed by atoms with Gasteiger partial charge in [0.25, 0.3) is 0 Å². The second kappa shape index (κ2) is 9.50. The van der Waals surface area contributed by atoms with Crippen LogP contribution in [0.25, 0.3) is 5.69 Å². The average Bonchev–Trinajstić information content (AvgIpc) is 3.35. The molecule has 178 valence electrons. The van der Waals surface area contributed by atoms with Crippen LogP contribution in [0.3, 0.4) is 0 Å². The Hall–Kier alpha value is -3.71. The molecule has 5 rings (SSSR count). The van der Waals surface area contributed by atoms with Crippen molar-refractivity contribution in [1.82, 2.24) is 19.8 Å². The first-order valence-corrected chi connectivity index (χ1v) is 11.9. The molecule has 1 aliphatic rings. The predicted octanol–water partition coefficient (Wildman–Crippen LogP) is 5.81. The number of rotatable bonds is 6. The molecule has 4 aromatic rings. The molecule has 3 heterocycles. The molecule has 0 spiro atoms. The zero-order valence-corrected chi connectivity index (χ0v) is 20.7. The first-order valence-electron chi connectivity index (χ1n) is 11.5. The van der Waals surface area contributed by atoms with Crippen LogP contribution in [0.4, 0.5) is 4.39 Å². The number of nitrogens with one attached hydrogen (secondary N) is 1. The molecular weight excluding hydrogens is 459 g/mol. The van der Waals surface area contributed by atoms with Crippen molar-refractivity contribution in [2.24, 2.45) is 0 Å². The highest BCUT2D eigenvalue weighted by Gasteiger charge is 2.41. The number of hydrogen-bond donors (Lipinski definition) is 1. The van der Waals surface area contributed by atoms with Crippen molar-refractivity contribution in [2.45, 2.75) is 32.5 Å². The number of para-hydroxylation sites is 1. The number of halogens is 1. The Morgan fingerprint density at radius 3 is 2.46 bits per heavy atom. The third-order valence-corrected chi connectivity index (χ3v) is 6.94. The predicted molar refractivity (Wildman–Crippen MR) is 139 cm³/mol. The molecule has 1 saturated heterocycles. The van der Waals surface area contributed by atoms with Gasteiger partial charge in [-0.25, -0.2) is 4.39 Å². The quantitative estimate of drug-likeness (QED) is 0.349. The zero-order chi connectivity index (χ0) is 24.5. The summed E-state index contributed by atoms with van der Waals surface area (Å²) in [4.78, 5) is 6.83. The van der Waals surface area contributed by atoms with Crippen molar-refractivity contribution in [3.05, 3.63) is 113 Å². The Morgan fingerprint density at radius 1 is 1.03 bits per heavy atom. The smallest absolute Gasteiger partial charge is 0.170 e. The van der Waals surface area contributed by atoms with Gasteiger partial charge in [0.15, 0.2) is 5.11 Å². The van der Waals surface area contributed by atoms with Gasteiger partial charge in [-0.2, -0.15) is 0 Å². The number of methoxy groups -OCH3 is 1. The van der Waals surface area contributed by atoms with Crippen LogP contribution in [0.5, 0.6) is 5.75 Å². The highest BCUT2D eigenvalue weighted by Crippen LogP contribution is 2.42. The molecule has 0 unspecified atom stereocenters. The van der Waals surface area contributed by atoms with Gasteiger partial charge >= 0.3 is 0 Å². The fourth-order valence-corrected chi connectivity index (χ4v) is 5.24. The first-order chi connectivity index (χ1) is 17.0. The summed E-state index contributed by atoms with van der Waals surface area (Å²) in [6.07, 6.45) is 1.80. The lowest BCUT2D eigenvalue weighted by Gasteiger charge is -2.28. The van der Waals surface area contributed by atoms with Crippen molar-refractivity contribution in [1.29, 1.82) is 0 Å². The lowest BCUT2D eigenvalue weighted by molar-refractivity contribution is 0.310. The highest BCUT2D eigenvalue weighted by molar-refractivity contribution is 7.80. The summed E-state index contributed by atoms with van der Waals surface area (Å²) < 4.78 is 22.1. The summed E-state index contributed by atoms with van der Waals surface area (Å²) in [5.41, 5.74) is 5.59. The summed E-state index contributed by atoms with van der Waals surface area (Å²) in [6, 6.07) is 22.7. The van der Waals surface area contributed by atoms with Gasteiger partial charge in [0, 0.05) is 24.1 Å². The Balaban J connectivity index is 1.60. The number of thiocarbonyl (C=S) groups is 1. The van der Waals surface area contributed by atoms with Crippen LogP contribution < -0.4 is 10.1 Å². The van der Waals surface area contributed by atoms with E-state index in [1.807, 2.05) is 60.9 Å². The highest BCUT2D eigenvalue weighted by atomic mass is 32.1. The van der Waals surface area contributed by atoms with Crippen LogP contribution in [-0.4, -0.2) is 26.7 Å². The van der Waals surface area contributed by atoms with Crippen LogP contribution in [0.1, 0.15) is 40.3 Å². The Kier molecular flexibility index (Phi) is 6.26. The molecule has 7 heteroatoms. The van der Waals surface area contributed by atoms with Gasteiger partial charge in [-0.3, -0.25) is 4.98 Å². The molecule has 1 N–H and O–H groups in total. The minimum absolute atomic E-state index is 0.119. The summed E-state index contributed by atoms with van der Waals surface area (Å²) in [7, 11) is 1.66. The number of aryl methyl sites for hydroxylation is 1. The third-order valence-electron chi connectivity index (χ3n) is 6.59. The second-order valence-electron chi connectivity index (χ2n) is 8.72. The van der Waals surface area contributed by atoms with E-state index in [0.29, 0.717) is 17.3 Å². The third kappa shape index (κ3) is 4.28. The molecule has 0 bridgehead atoms. The molecule has 1 fully saturated rings. The number of nitrogens with zero attached hydrogens (tertiary/aromatic N) is 3. The fraction of sp³-hybridized carbons (Fsp3) is 0.214. The minimum Gasteiger partial charge on any atom is -0.497 e. The van der Waals surface area contributed by atoms with Gasteiger partial charge in [0.1, 0.15) is 11.6 Å². The molecule has 35 heavy (non-hydrogen) atoms. The lowest BCUT2D eigenvalue weighted by Crippen LogP contribution is -2.29. The van der Waals surface area contributed by atoms with Crippen molar-refractivity contribution < 1.29 is 9.13 Å². The number of hydrogen-bond acceptors (Lipinski definition) is 3. The van der Waals surface area contributed by atoms with Crippen molar-refractivity contribution in [3.8, 4) is 11.4 Å². The van der Waals surface area contributed by atoms with Gasteiger partial charge in [-0.1, -0.05) is 30.3 Å². The normalized spacial score (nSPS) is 17.5. The van der Waals surface area contributed by atoms with Crippen LogP contribution in [0, 0.1) is 19.7 Å². The van der Waals surface area contributed by atoms with Gasteiger partial charge in [0.2, 0.25) is 0 Å². The molecule has 2 aromatic carbocycles. The van der Waals surface area contributed by atoms with Crippen molar-refractivity contribution in [2.75, 3.05) is 7.11 Å². The van der Waals surface area contributed by atoms with E-state index >= 15 is 0 Å². The maximum atomic E-state index is 14.8. The van der Waals surface area contributed by atoms with Crippen molar-refractivity contribution in [3.63, 3.8) is 0 Å². The van der Waals surface area contributed by atoms with E-state index in [0.717, 1.165) is 34.0 Å². The molecule has 2 atom stereocenters. The molecular formula is C28H27FN4OS. The zero-order valence-electron chi connectivity index (χ0n) is 19.9. The van der Waals surface area contributed by atoms with E-state index in [-0.39, 0.29) is 17.9 Å². The standard InChI is InChI=1S/C28H27FN4OS/c1-18-16-22(19(2)33(18)25-10-5-4-8-23(25)29)27-26(24-9-6-7-15-30-24)31-28(35)32(27)17-20-11-13-21(34-3)14-12-20/h4-16,26-27H,17H2,1-3H3,(H,31,35)/t26-,27+/m1/s1. The SMILES string of the molecule is COc1ccc(CN2C(=S)N[C@H](c3ccccn3)[C@@H]2c2cc(C)n(-c3ccccc3F)c2C)cc1. The average molecular weight is 487 g/mol. The van der Waals surface area contributed by atoms with Crippen LogP contribution in [0.15, 0.2) is 79.0 Å². The van der Waals surface area contributed by atoms with Crippen LogP contribution in [0.2, 0.25) is 0 Å². The van der Waals surface area contributed by atoms with E-state index in [9.17, 15) is 4.39 Å². The number of benzene rings is 2. The second-order valence-corrected chi connectivity index (χ2v) is 9.10. The lowest BCUT2D eigenvalue weighted by atomic mass is 9.96. The topological polar surface area (TPSA) is 42.3 Å². The largest absolute Gasteiger partial charge is 0.497 e. The summed E-state index contributed by atoms with van der Waals surface area (Å²) >= 11 is 5.84. The number of pyridine rings is 1. The molecule has 0 radical (unpaired) electrons. The molecule has 0 aliphatic carbocycles. The van der Waals surface area contributed by atoms with E-state index in [4.69, 9.17) is 17.0 Å². The van der Waals surface area contributed by atoms with E-state index in [1.165, 1.54) is 6.07 Å². The summed E-state index contributed by atoms with van der Waals surface area (Å²) in [5.74, 6) is 0.560. The van der Waals surface area contributed by atoms with Gasteiger partial charge in [0.05, 0.1) is 30.6 Å². The summed E-state index contributed by atoms with van der Waals surface area (Å²) in [5, 5.41) is 4.17. The molecule has 0 amide bonds. The van der Waals surface area contributed by atoms with E-state index in [2.05, 4.69) is 33.4 Å². The fourth-order valence-electron chi connectivity index (χ4n) is 4.93. The van der Waals surface area contributed by atoms with Crippen LogP contribution >= 0.6 is 12.2 Å². The molecule has 0 saturated carbocycles. The van der Waals surface area contributed by atoms with Crippen molar-refractivity contribution >= 4 is 17.3 Å². The molecule has 5 nitrogen and oxygen atoms in total. The van der Waals surface area contributed by atoms with Gasteiger partial charge in [-0.15, -0.1) is 0 Å². The number of aromatic nitrogens is 2. The van der Waals surface area contributed by atoms with Crippen LogP contribution in [-0.2, 0) is 6.54 Å². The monoisotopic (exact) mass is 486 g/mol. The summed E-state index contributed by atoms with van der Waals surface area (Å²) in [6.45, 7) is 4.66. The maximum Gasteiger partial charge on any atom is 0.170 e. The van der Waals surface area contributed by atoms with E-state index < -0.39 is 0 Å². The maximum absolute atomic E-state index is 14.8. The molecule has 1 aliphatic heterocycles. The first kappa shape index (κ1) is 23.1. The van der Waals surface area contributed by atoms with Gasteiger partial charge < -0.3 is 19.5 Å². The molecule has 2 aromatic heterocycles. The Labute approximate surface area is 210 Å².